The quantitative estimate of drug-likeness (QED) is 0.165. The molecular weight excluding hydrogens is 1650 g/mol. The van der Waals surface area contributed by atoms with Crippen molar-refractivity contribution >= 4 is 0 Å². The summed E-state index contributed by atoms with van der Waals surface area (Å²) in [5, 5.41) is 0. The van der Waals surface area contributed by atoms with Gasteiger partial charge in [0.25, 0.3) is 0 Å². The highest BCUT2D eigenvalue weighted by atomic mass is 14.3. The van der Waals surface area contributed by atoms with Crippen molar-refractivity contribution in [2.45, 2.75) is 426 Å². The van der Waals surface area contributed by atoms with E-state index in [0.717, 1.165) is 0 Å². The smallest absolute Gasteiger partial charge is 0.0126 e. The predicted octanol–water partition coefficient (Wildman–Crippen LogP) is 41.2. The lowest BCUT2D eigenvalue weighted by atomic mass is 9.75. The first kappa shape index (κ1) is 118. The van der Waals surface area contributed by atoms with Gasteiger partial charge in [0.2, 0.25) is 0 Å². The number of rotatable bonds is 4. The number of hydrogen-bond acceptors (Lipinski definition) is 0. The molecule has 0 aromatic heterocycles. The lowest BCUT2D eigenvalue weighted by Gasteiger charge is -2.29. The molecule has 0 amide bonds. The fourth-order valence-corrected chi connectivity index (χ4v) is 15.9. The zero-order chi connectivity index (χ0) is 105. The molecule has 0 saturated heterocycles. The van der Waals surface area contributed by atoms with Crippen molar-refractivity contribution in [3.8, 4) is 44.5 Å². The minimum atomic E-state index is 0.161. The summed E-state index contributed by atoms with van der Waals surface area (Å²) in [4.78, 5) is 0. The highest BCUT2D eigenvalue weighted by Crippen LogP contribution is 2.41. The molecule has 0 aliphatic carbocycles. The zero-order valence-corrected chi connectivity index (χ0v) is 96.6. The molecule has 137 heavy (non-hydrogen) atoms. The van der Waals surface area contributed by atoms with Gasteiger partial charge in [-0.3, -0.25) is 0 Å². The molecule has 0 nitrogen and oxygen atoms in total. The molecule has 0 aliphatic heterocycles. The minimum absolute atomic E-state index is 0.161. The number of aryl methyl sites for hydroxylation is 1. The molecule has 0 bridgehead atoms. The number of hydrogen-bond donors (Lipinski definition) is 0. The molecule has 0 spiro atoms. The molecule has 12 aromatic carbocycles. The molecule has 0 radical (unpaired) electrons. The summed E-state index contributed by atoms with van der Waals surface area (Å²) in [5.74, 6) is 0. The van der Waals surface area contributed by atoms with Gasteiger partial charge in [-0.1, -0.05) is 623 Å². The van der Waals surface area contributed by atoms with Crippen LogP contribution < -0.4 is 0 Å². The van der Waals surface area contributed by atoms with Crippen LogP contribution in [-0.2, 0) is 86.6 Å². The van der Waals surface area contributed by atoms with E-state index >= 15 is 0 Å². The second-order valence-corrected chi connectivity index (χ2v) is 55.4. The van der Waals surface area contributed by atoms with Gasteiger partial charge >= 0.3 is 0 Å². The molecule has 12 aromatic rings. The zero-order valence-electron chi connectivity index (χ0n) is 96.6. The summed E-state index contributed by atoms with van der Waals surface area (Å²) in [6.45, 7) is 111. The van der Waals surface area contributed by atoms with Crippen molar-refractivity contribution in [1.82, 2.24) is 0 Å². The van der Waals surface area contributed by atoms with E-state index in [0.29, 0.717) is 0 Å². The Morgan fingerprint density at radius 3 is 0.504 bits per heavy atom. The molecule has 0 fully saturated rings. The van der Waals surface area contributed by atoms with Gasteiger partial charge < -0.3 is 0 Å². The van der Waals surface area contributed by atoms with Crippen LogP contribution in [0.3, 0.4) is 0 Å². The maximum absolute atomic E-state index is 2.35. The van der Waals surface area contributed by atoms with E-state index in [1.807, 2.05) is 0 Å². The largest absolute Gasteiger partial charge is 0.0620 e. The Bertz CT molecular complexity index is 5460. The molecule has 0 heterocycles. The standard InChI is InChI=1S/4C20H26.C15H24.3C14H22/c1-19(2,3)17-11-7-15(8-12-17)16-9-13-18(14-10-16)20(4,5)6;1-19(2,3)17-11-7-9-15(13-17)16-10-8-12-18(14-16)20(4,5)6;1-19(2,3)16-11-9-10-15(14-16)17-12-7-8-13-18(17)20(4,5)6;1-19(2,3)17-12-10-15(11-13-17)16-8-7-9-18(14-16)20(4,5)6;1-11-8-12(14(2,3)4)10-13(9-11)15(5,6)7;1-13(2,3)11-7-9-12(10-8-11)14(4,5)6;1-13(2,3)11-8-7-9-12(10-11)14(4,5)6;1-13(2,3)11-9-7-8-10-12(11)14(4,5)6/h4*7-14H,1-6H3;8-10H,1-7H3;3*7-10H,1-6H3. The summed E-state index contributed by atoms with van der Waals surface area (Å²) < 4.78 is 0. The van der Waals surface area contributed by atoms with E-state index in [4.69, 9.17) is 0 Å². The van der Waals surface area contributed by atoms with E-state index in [1.165, 1.54) is 139 Å². The normalized spacial score (nSPS) is 12.7. The van der Waals surface area contributed by atoms with E-state index in [9.17, 15) is 0 Å². The molecule has 0 aliphatic rings. The van der Waals surface area contributed by atoms with Gasteiger partial charge in [-0.05, 0) is 227 Å². The van der Waals surface area contributed by atoms with E-state index in [2.05, 4.69) is 624 Å². The summed E-state index contributed by atoms with van der Waals surface area (Å²) >= 11 is 0. The first-order valence-corrected chi connectivity index (χ1v) is 51.3. The van der Waals surface area contributed by atoms with Gasteiger partial charge in [-0.15, -0.1) is 0 Å². The molecule has 0 saturated carbocycles. The Kier molecular flexibility index (Phi) is 39.6. The average molecular weight is 1840 g/mol. The lowest BCUT2D eigenvalue weighted by molar-refractivity contribution is 0.530. The van der Waals surface area contributed by atoms with Crippen LogP contribution >= 0.6 is 0 Å². The summed E-state index contributed by atoms with van der Waals surface area (Å²) in [5.41, 5.74) is 38.0. The highest BCUT2D eigenvalue weighted by molar-refractivity contribution is 5.71. The molecule has 0 heteroatoms. The third kappa shape index (κ3) is 38.3. The van der Waals surface area contributed by atoms with Crippen molar-refractivity contribution in [3.05, 3.63) is 380 Å². The Morgan fingerprint density at radius 1 is 0.109 bits per heavy atom. The fourth-order valence-electron chi connectivity index (χ4n) is 15.9. The van der Waals surface area contributed by atoms with Gasteiger partial charge in [0, 0.05) is 0 Å². The molecule has 0 unspecified atom stereocenters. The van der Waals surface area contributed by atoms with Crippen LogP contribution in [-0.4, -0.2) is 0 Å². The second-order valence-electron chi connectivity index (χ2n) is 55.4. The van der Waals surface area contributed by atoms with Gasteiger partial charge in [-0.2, -0.15) is 0 Å². The first-order chi connectivity index (χ1) is 62.0. The third-order valence-electron chi connectivity index (χ3n) is 25.8. The van der Waals surface area contributed by atoms with E-state index < -0.39 is 0 Å². The van der Waals surface area contributed by atoms with Gasteiger partial charge in [0.05, 0.1) is 0 Å². The van der Waals surface area contributed by atoms with Gasteiger partial charge in [-0.25, -0.2) is 0 Å². The Morgan fingerprint density at radius 2 is 0.277 bits per heavy atom. The minimum Gasteiger partial charge on any atom is -0.0620 e. The second kappa shape index (κ2) is 45.9. The van der Waals surface area contributed by atoms with Crippen molar-refractivity contribution in [3.63, 3.8) is 0 Å². The van der Waals surface area contributed by atoms with Crippen LogP contribution in [0, 0.1) is 6.92 Å². The molecular formula is C137H194. The summed E-state index contributed by atoms with van der Waals surface area (Å²) in [7, 11) is 0. The van der Waals surface area contributed by atoms with Crippen LogP contribution in [0.2, 0.25) is 0 Å². The molecule has 0 atom stereocenters. The topological polar surface area (TPSA) is 0 Å². The van der Waals surface area contributed by atoms with Crippen LogP contribution in [0.1, 0.15) is 427 Å². The Balaban J connectivity index is 0.000000278. The van der Waals surface area contributed by atoms with Crippen LogP contribution in [0.15, 0.2) is 285 Å². The predicted molar refractivity (Wildman–Crippen MR) is 617 cm³/mol. The van der Waals surface area contributed by atoms with Crippen LogP contribution in [0.5, 0.6) is 0 Å². The fraction of sp³-hybridized carbons (Fsp3) is 0.474. The first-order valence-electron chi connectivity index (χ1n) is 51.3. The third-order valence-corrected chi connectivity index (χ3v) is 25.8. The van der Waals surface area contributed by atoms with E-state index in [-0.39, 0.29) is 86.6 Å². The monoisotopic (exact) mass is 1840 g/mol. The maximum Gasteiger partial charge on any atom is -0.0126 e. The SMILES string of the molecule is CC(C)(C)c1ccc(-c2ccc(C(C)(C)C)cc2)cc1.CC(C)(C)c1ccc(-c2cccc(C(C)(C)C)c2)cc1.CC(C)(C)c1ccc(C(C)(C)C)cc1.CC(C)(C)c1cccc(-c2cccc(C(C)(C)C)c2)c1.CC(C)(C)c1cccc(-c2ccccc2C(C)(C)C)c1.CC(C)(C)c1cccc(C(C)(C)C)c1.CC(C)(C)c1ccccc1C(C)(C)C.Cc1cc(C(C)(C)C)cc(C(C)(C)C)c1. The van der Waals surface area contributed by atoms with Crippen molar-refractivity contribution in [2.24, 2.45) is 0 Å². The van der Waals surface area contributed by atoms with Gasteiger partial charge in [0.1, 0.15) is 0 Å². The Hall–Kier alpha value is -9.36. The van der Waals surface area contributed by atoms with Gasteiger partial charge in [0.15, 0.2) is 0 Å². The lowest BCUT2D eigenvalue weighted by Crippen LogP contribution is -2.21. The number of benzene rings is 12. The van der Waals surface area contributed by atoms with Crippen LogP contribution in [0.4, 0.5) is 0 Å². The molecule has 742 valence electrons. The van der Waals surface area contributed by atoms with E-state index in [1.54, 1.807) is 0 Å². The van der Waals surface area contributed by atoms with Crippen molar-refractivity contribution in [1.29, 1.82) is 0 Å². The van der Waals surface area contributed by atoms with Crippen molar-refractivity contribution < 1.29 is 0 Å². The summed E-state index contributed by atoms with van der Waals surface area (Å²) in [6, 6.07) is 105. The molecule has 0 N–H and O–H groups in total. The summed E-state index contributed by atoms with van der Waals surface area (Å²) in [6.07, 6.45) is 0. The Labute approximate surface area is 844 Å². The van der Waals surface area contributed by atoms with Crippen LogP contribution in [0.25, 0.3) is 44.5 Å². The average Bonchev–Trinajstić information content (AvgIpc) is 0.795. The maximum atomic E-state index is 2.35. The molecule has 12 rings (SSSR count). The van der Waals surface area contributed by atoms with Crippen molar-refractivity contribution in [2.75, 3.05) is 0 Å². The highest BCUT2D eigenvalue weighted by Gasteiger charge is 2.28.